The second kappa shape index (κ2) is 21.3. The lowest BCUT2D eigenvalue weighted by Gasteiger charge is -2.24. The van der Waals surface area contributed by atoms with Gasteiger partial charge in [0.05, 0.1) is 0 Å². The molecule has 0 saturated heterocycles. The van der Waals surface area contributed by atoms with E-state index in [0.717, 1.165) is 0 Å². The highest BCUT2D eigenvalue weighted by Crippen LogP contribution is 2.55. The Balaban J connectivity index is 0.500. The van der Waals surface area contributed by atoms with E-state index in [4.69, 9.17) is 0 Å². The van der Waals surface area contributed by atoms with E-state index in [-0.39, 0.29) is 10.8 Å². The van der Waals surface area contributed by atoms with Crippen molar-refractivity contribution >= 4 is 21.5 Å². The highest BCUT2D eigenvalue weighted by Gasteiger charge is 2.38. The third-order valence-electron chi connectivity index (χ3n) is 22.7. The molecular weight excluding hydrogens is 1180 g/mol. The molecule has 98 heavy (non-hydrogen) atoms. The summed E-state index contributed by atoms with van der Waals surface area (Å²) in [4.78, 5) is 0. The van der Waals surface area contributed by atoms with E-state index < -0.39 is 0 Å². The molecule has 0 spiro atoms. The Morgan fingerprint density at radius 1 is 0.143 bits per heavy atom. The number of hydrogen-bond donors (Lipinski definition) is 0. The minimum Gasteiger partial charge on any atom is -0.0616 e. The van der Waals surface area contributed by atoms with E-state index in [2.05, 4.69) is 355 Å². The van der Waals surface area contributed by atoms with Gasteiger partial charge in [-0.2, -0.15) is 0 Å². The van der Waals surface area contributed by atoms with E-state index in [0.29, 0.717) is 0 Å². The third kappa shape index (κ3) is 8.57. The van der Waals surface area contributed by atoms with Crippen molar-refractivity contribution in [1.29, 1.82) is 0 Å². The smallest absolute Gasteiger partial charge is 0.0159 e. The van der Waals surface area contributed by atoms with Crippen molar-refractivity contribution in [3.05, 3.63) is 350 Å². The minimum atomic E-state index is -0.169. The molecule has 0 saturated carbocycles. The van der Waals surface area contributed by atoms with Gasteiger partial charge in [0, 0.05) is 10.8 Å². The number of fused-ring (bicyclic) bond motifs is 12. The molecule has 0 aromatic heterocycles. The van der Waals surface area contributed by atoms with Gasteiger partial charge in [-0.05, 0) is 235 Å². The minimum absolute atomic E-state index is 0.169. The molecule has 0 N–H and O–H groups in total. The van der Waals surface area contributed by atoms with E-state index in [9.17, 15) is 0 Å². The predicted molar refractivity (Wildman–Crippen MR) is 414 cm³/mol. The first-order valence-electron chi connectivity index (χ1n) is 34.6. The van der Waals surface area contributed by atoms with Gasteiger partial charge in [-0.1, -0.05) is 331 Å². The summed E-state index contributed by atoms with van der Waals surface area (Å²) in [5, 5.41) is 5.35. The molecule has 20 rings (SSSR count). The van der Waals surface area contributed by atoms with Gasteiger partial charge in [0.25, 0.3) is 0 Å². The first-order valence-corrected chi connectivity index (χ1v) is 34.6. The maximum Gasteiger partial charge on any atom is 0.0159 e. The fourth-order valence-electron chi connectivity index (χ4n) is 17.4. The molecule has 0 fully saturated rings. The van der Waals surface area contributed by atoms with Crippen LogP contribution in [0.15, 0.2) is 328 Å². The highest BCUT2D eigenvalue weighted by atomic mass is 14.4. The van der Waals surface area contributed by atoms with Crippen molar-refractivity contribution in [2.45, 2.75) is 38.5 Å². The Bertz CT molecular complexity index is 5580. The van der Waals surface area contributed by atoms with Crippen LogP contribution in [0.2, 0.25) is 0 Å². The summed E-state index contributed by atoms with van der Waals surface area (Å²) in [7, 11) is 0. The standard InChI is InChI=1S/C98H66/c1-97(2)91-55-71(67-31-27-63(28-32-67)59-19-23-61(24-20-59)65-35-39-69(40-36-65)75-51-53-89-79-13-7-5-11-77(79)87-17-9-15-85(75)95(87)89)43-47-81(91)83-49-45-73(57-93(83)97)74-46-50-84-82-48-44-72(56-92(82)98(3,4)94(84)58-74)68-33-29-64(30-34-68)60-21-25-62(26-22-60)66-37-41-70(42-38-66)76-52-54-90-80-14-8-6-12-78(80)88-18-10-16-86(76)96(88)90/h5-58H,1-4H3. The predicted octanol–water partition coefficient (Wildman–Crippen LogP) is 26.9. The fraction of sp³-hybridized carbons (Fsp3) is 0.0612. The lowest BCUT2D eigenvalue weighted by Crippen LogP contribution is -2.15. The second-order valence-electron chi connectivity index (χ2n) is 28.6. The number of benzene rings is 16. The summed E-state index contributed by atoms with van der Waals surface area (Å²) in [6, 6.07) is 123. The summed E-state index contributed by atoms with van der Waals surface area (Å²) < 4.78 is 0. The quantitative estimate of drug-likeness (QED) is 0.135. The van der Waals surface area contributed by atoms with Crippen LogP contribution in [-0.2, 0) is 10.8 Å². The van der Waals surface area contributed by atoms with Crippen LogP contribution in [0, 0.1) is 0 Å². The Kier molecular flexibility index (Phi) is 12.2. The molecule has 458 valence electrons. The highest BCUT2D eigenvalue weighted by molar-refractivity contribution is 6.20. The van der Waals surface area contributed by atoms with Gasteiger partial charge in [-0.25, -0.2) is 0 Å². The Hall–Kier alpha value is -12.0. The van der Waals surface area contributed by atoms with E-state index in [1.165, 1.54) is 211 Å². The van der Waals surface area contributed by atoms with E-state index in [1.54, 1.807) is 0 Å². The van der Waals surface area contributed by atoms with Gasteiger partial charge in [0.2, 0.25) is 0 Å². The molecule has 0 amide bonds. The Morgan fingerprint density at radius 2 is 0.327 bits per heavy atom. The van der Waals surface area contributed by atoms with E-state index >= 15 is 0 Å². The van der Waals surface area contributed by atoms with Crippen LogP contribution in [0.5, 0.6) is 0 Å². The molecule has 0 atom stereocenters. The zero-order valence-electron chi connectivity index (χ0n) is 55.2. The van der Waals surface area contributed by atoms with Crippen LogP contribution >= 0.6 is 0 Å². The first-order chi connectivity index (χ1) is 48.1. The van der Waals surface area contributed by atoms with Crippen molar-refractivity contribution in [2.24, 2.45) is 0 Å². The SMILES string of the molecule is CC1(C)c2cc(-c3ccc(-c4ccc(-c5ccc(-c6ccc7c8c(cccc68)-c6ccccc6-7)cc5)cc4)cc3)ccc2-c2ccc(-c3ccc4c(c3)C(C)(C)c3cc(-c5ccc(-c6ccc(-c7ccc(-c8ccc9c%10c(cccc8%10)-c8ccccc8-9)cc7)cc6)cc5)ccc3-4)cc21. The average molecular weight is 1240 g/mol. The van der Waals surface area contributed by atoms with Crippen LogP contribution < -0.4 is 0 Å². The largest absolute Gasteiger partial charge is 0.0616 e. The third-order valence-corrected chi connectivity index (χ3v) is 22.7. The lowest BCUT2D eigenvalue weighted by atomic mass is 9.79. The summed E-state index contributed by atoms with van der Waals surface area (Å²) in [6.07, 6.45) is 0. The average Bonchev–Trinajstić information content (AvgIpc) is 1.60. The molecule has 16 aromatic carbocycles. The van der Waals surface area contributed by atoms with Crippen LogP contribution in [0.4, 0.5) is 0 Å². The normalized spacial score (nSPS) is 13.5. The molecular formula is C98H66. The molecule has 4 aliphatic rings. The van der Waals surface area contributed by atoms with Crippen LogP contribution in [0.25, 0.3) is 188 Å². The van der Waals surface area contributed by atoms with Crippen molar-refractivity contribution in [3.8, 4) is 167 Å². The van der Waals surface area contributed by atoms with Gasteiger partial charge in [-0.15, -0.1) is 0 Å². The van der Waals surface area contributed by atoms with Gasteiger partial charge in [0.1, 0.15) is 0 Å². The zero-order chi connectivity index (χ0) is 65.1. The van der Waals surface area contributed by atoms with Gasteiger partial charge < -0.3 is 0 Å². The van der Waals surface area contributed by atoms with Crippen LogP contribution in [0.1, 0.15) is 49.9 Å². The maximum atomic E-state index is 2.47. The van der Waals surface area contributed by atoms with Crippen molar-refractivity contribution in [2.75, 3.05) is 0 Å². The van der Waals surface area contributed by atoms with Crippen LogP contribution in [0.3, 0.4) is 0 Å². The molecule has 0 bridgehead atoms. The number of rotatable bonds is 9. The van der Waals surface area contributed by atoms with Gasteiger partial charge >= 0.3 is 0 Å². The molecule has 0 radical (unpaired) electrons. The molecule has 0 heterocycles. The number of hydrogen-bond acceptors (Lipinski definition) is 0. The monoisotopic (exact) mass is 1240 g/mol. The van der Waals surface area contributed by atoms with Gasteiger partial charge in [0.15, 0.2) is 0 Å². The van der Waals surface area contributed by atoms with Gasteiger partial charge in [-0.3, -0.25) is 0 Å². The van der Waals surface area contributed by atoms with Crippen molar-refractivity contribution in [1.82, 2.24) is 0 Å². The Labute approximate surface area is 573 Å². The summed E-state index contributed by atoms with van der Waals surface area (Å²) in [6.45, 7) is 9.61. The molecule has 0 aliphatic heterocycles. The van der Waals surface area contributed by atoms with Crippen molar-refractivity contribution in [3.63, 3.8) is 0 Å². The molecule has 4 aliphatic carbocycles. The summed E-state index contributed by atoms with van der Waals surface area (Å²) in [5.74, 6) is 0. The molecule has 0 heteroatoms. The first kappa shape index (κ1) is 56.4. The zero-order valence-corrected chi connectivity index (χ0v) is 55.2. The van der Waals surface area contributed by atoms with E-state index in [1.807, 2.05) is 0 Å². The topological polar surface area (TPSA) is 0 Å². The maximum absolute atomic E-state index is 2.47. The Morgan fingerprint density at radius 3 is 0.592 bits per heavy atom. The van der Waals surface area contributed by atoms with Crippen molar-refractivity contribution < 1.29 is 0 Å². The molecule has 0 nitrogen and oxygen atoms in total. The molecule has 0 unspecified atom stereocenters. The summed E-state index contributed by atoms with van der Waals surface area (Å²) >= 11 is 0. The molecule has 16 aromatic rings. The summed E-state index contributed by atoms with van der Waals surface area (Å²) in [5.41, 5.74) is 43.4. The fourth-order valence-corrected chi connectivity index (χ4v) is 17.4. The second-order valence-corrected chi connectivity index (χ2v) is 28.6. The lowest BCUT2D eigenvalue weighted by molar-refractivity contribution is 0.660. The van der Waals surface area contributed by atoms with Crippen LogP contribution in [-0.4, -0.2) is 0 Å².